The van der Waals surface area contributed by atoms with Gasteiger partial charge in [0.25, 0.3) is 11.2 Å². The Balaban J connectivity index is 3.18. The van der Waals surface area contributed by atoms with Crippen LogP contribution in [0.15, 0.2) is 0 Å². The molecule has 1 heterocycles. The number of aliphatic hydroxyl groups is 2. The molecule has 2 unspecified atom stereocenters. The average Bonchev–Trinajstić information content (AvgIpc) is 2.64. The minimum atomic E-state index is -3.13. The number of esters is 2. The first kappa shape index (κ1) is 17.5. The molecule has 118 valence electrons. The summed E-state index contributed by atoms with van der Waals surface area (Å²) >= 11 is 0. The molecule has 0 aromatic rings. The van der Waals surface area contributed by atoms with E-state index in [4.69, 9.17) is 0 Å². The minimum absolute atomic E-state index is 0.237. The van der Waals surface area contributed by atoms with Crippen molar-refractivity contribution in [3.63, 3.8) is 0 Å². The Morgan fingerprint density at radius 2 is 1.24 bits per heavy atom. The van der Waals surface area contributed by atoms with Gasteiger partial charge in [-0.3, -0.25) is 9.59 Å². The molecular weight excluding hydrogens is 280 g/mol. The van der Waals surface area contributed by atoms with Gasteiger partial charge in [-0.15, -0.1) is 0 Å². The van der Waals surface area contributed by atoms with Crippen LogP contribution in [0.1, 0.15) is 52.4 Å². The van der Waals surface area contributed by atoms with Gasteiger partial charge < -0.3 is 14.9 Å². The number of Topliss-reactive ketones (excluding diaryl/α,β-unsaturated/α-hetero) is 2. The minimum Gasteiger partial charge on any atom is -0.388 e. The van der Waals surface area contributed by atoms with Gasteiger partial charge in [0.2, 0.25) is 0 Å². The number of cyclic esters (lactones) is 2. The predicted octanol–water partition coefficient (Wildman–Crippen LogP) is 0.0506. The van der Waals surface area contributed by atoms with Gasteiger partial charge in [-0.2, -0.15) is 0 Å². The molecule has 1 rings (SSSR count). The average molecular weight is 300 g/mol. The number of unbranched alkanes of at least 4 members (excludes halogenated alkanes) is 2. The Morgan fingerprint density at radius 3 is 1.52 bits per heavy atom. The molecule has 2 N–H and O–H groups in total. The summed E-state index contributed by atoms with van der Waals surface area (Å²) in [4.78, 5) is 47.5. The van der Waals surface area contributed by atoms with E-state index in [1.54, 1.807) is 13.8 Å². The number of ketones is 2. The number of rotatable bonds is 8. The number of ether oxygens (including phenoxy) is 1. The van der Waals surface area contributed by atoms with Crippen LogP contribution in [0.2, 0.25) is 0 Å². The molecule has 0 spiro atoms. The van der Waals surface area contributed by atoms with Crippen molar-refractivity contribution in [2.45, 2.75) is 63.6 Å². The molecule has 7 nitrogen and oxygen atoms in total. The molecule has 0 aromatic carbocycles. The zero-order chi connectivity index (χ0) is 16.3. The third-order valence-corrected chi connectivity index (χ3v) is 3.62. The highest BCUT2D eigenvalue weighted by atomic mass is 16.6. The van der Waals surface area contributed by atoms with Gasteiger partial charge in [0.05, 0.1) is 0 Å². The maximum Gasteiger partial charge on any atom is 0.358 e. The second-order valence-electron chi connectivity index (χ2n) is 5.15. The smallest absolute Gasteiger partial charge is 0.358 e. The SMILES string of the molecule is CCCCC(=O)C1(O)C(=O)OC(=O)C1(O)C(=O)CCCC. The summed E-state index contributed by atoms with van der Waals surface area (Å²) in [7, 11) is 0. The molecular formula is C14H20O7. The second-order valence-corrected chi connectivity index (χ2v) is 5.15. The Hall–Kier alpha value is -1.60. The fourth-order valence-corrected chi connectivity index (χ4v) is 2.19. The molecule has 0 aliphatic carbocycles. The highest BCUT2D eigenvalue weighted by Gasteiger charge is 2.74. The van der Waals surface area contributed by atoms with E-state index in [9.17, 15) is 29.4 Å². The Bertz CT molecular complexity index is 428. The van der Waals surface area contributed by atoms with Crippen LogP contribution < -0.4 is 0 Å². The topological polar surface area (TPSA) is 118 Å². The monoisotopic (exact) mass is 300 g/mol. The largest absolute Gasteiger partial charge is 0.388 e. The molecule has 1 aliphatic heterocycles. The highest BCUT2D eigenvalue weighted by molar-refractivity contribution is 6.28. The Morgan fingerprint density at radius 1 is 0.905 bits per heavy atom. The van der Waals surface area contributed by atoms with E-state index < -0.39 is 34.7 Å². The zero-order valence-corrected chi connectivity index (χ0v) is 12.2. The third kappa shape index (κ3) is 2.63. The lowest BCUT2D eigenvalue weighted by Gasteiger charge is -2.28. The number of hydrogen-bond donors (Lipinski definition) is 2. The van der Waals surface area contributed by atoms with E-state index >= 15 is 0 Å². The lowest BCUT2D eigenvalue weighted by Crippen LogP contribution is -2.65. The molecule has 0 saturated carbocycles. The van der Waals surface area contributed by atoms with E-state index in [0.717, 1.165) is 0 Å². The molecule has 0 aromatic heterocycles. The van der Waals surface area contributed by atoms with Crippen LogP contribution in [-0.2, 0) is 23.9 Å². The second kappa shape index (κ2) is 6.44. The van der Waals surface area contributed by atoms with E-state index in [1.165, 1.54) is 0 Å². The van der Waals surface area contributed by atoms with Gasteiger partial charge in [0, 0.05) is 12.8 Å². The van der Waals surface area contributed by atoms with Crippen LogP contribution in [0.25, 0.3) is 0 Å². The lowest BCUT2D eigenvalue weighted by atomic mass is 9.76. The van der Waals surface area contributed by atoms with Gasteiger partial charge in [-0.1, -0.05) is 26.7 Å². The summed E-state index contributed by atoms with van der Waals surface area (Å²) in [5.74, 6) is -5.32. The first-order chi connectivity index (χ1) is 9.76. The van der Waals surface area contributed by atoms with Crippen LogP contribution in [0, 0.1) is 0 Å². The normalized spacial score (nSPS) is 28.6. The summed E-state index contributed by atoms with van der Waals surface area (Å²) in [5, 5.41) is 20.6. The first-order valence-corrected chi connectivity index (χ1v) is 7.04. The van der Waals surface area contributed by atoms with Gasteiger partial charge in [0.1, 0.15) is 0 Å². The number of carbonyl (C=O) groups is 4. The standard InChI is InChI=1S/C14H20O7/c1-3-5-7-9(15)13(19)11(17)21-12(18)14(13,20)10(16)8-6-4-2/h19-20H,3-8H2,1-2H3. The van der Waals surface area contributed by atoms with Crippen molar-refractivity contribution >= 4 is 23.5 Å². The van der Waals surface area contributed by atoms with Crippen LogP contribution in [0.3, 0.4) is 0 Å². The molecule has 7 heteroatoms. The maximum absolute atomic E-state index is 12.1. The molecule has 0 radical (unpaired) electrons. The molecule has 1 aliphatic rings. The fourth-order valence-electron chi connectivity index (χ4n) is 2.19. The first-order valence-electron chi connectivity index (χ1n) is 7.04. The molecule has 0 bridgehead atoms. The number of carbonyl (C=O) groups excluding carboxylic acids is 4. The van der Waals surface area contributed by atoms with Crippen molar-refractivity contribution in [3.05, 3.63) is 0 Å². The summed E-state index contributed by atoms with van der Waals surface area (Å²) < 4.78 is 4.18. The lowest BCUT2D eigenvalue weighted by molar-refractivity contribution is -0.181. The van der Waals surface area contributed by atoms with Gasteiger partial charge in [0.15, 0.2) is 11.6 Å². The molecule has 1 saturated heterocycles. The maximum atomic E-state index is 12.1. The van der Waals surface area contributed by atoms with Crippen LogP contribution in [0.4, 0.5) is 0 Å². The van der Waals surface area contributed by atoms with Crippen molar-refractivity contribution in [2.75, 3.05) is 0 Å². The van der Waals surface area contributed by atoms with Crippen LogP contribution >= 0.6 is 0 Å². The fraction of sp³-hybridized carbons (Fsp3) is 0.714. The quantitative estimate of drug-likeness (QED) is 0.480. The Labute approximate surface area is 122 Å². The van der Waals surface area contributed by atoms with Crippen molar-refractivity contribution in [1.29, 1.82) is 0 Å². The third-order valence-electron chi connectivity index (χ3n) is 3.62. The zero-order valence-electron chi connectivity index (χ0n) is 12.2. The molecule has 1 fully saturated rings. The van der Waals surface area contributed by atoms with Gasteiger partial charge in [-0.05, 0) is 12.8 Å². The summed E-state index contributed by atoms with van der Waals surface area (Å²) in [6.07, 6.45) is 1.43. The highest BCUT2D eigenvalue weighted by Crippen LogP contribution is 2.36. The van der Waals surface area contributed by atoms with E-state index in [-0.39, 0.29) is 12.8 Å². The van der Waals surface area contributed by atoms with Crippen molar-refractivity contribution in [1.82, 2.24) is 0 Å². The van der Waals surface area contributed by atoms with Gasteiger partial charge in [-0.25, -0.2) is 9.59 Å². The van der Waals surface area contributed by atoms with E-state index in [0.29, 0.717) is 25.7 Å². The predicted molar refractivity (Wildman–Crippen MR) is 70.1 cm³/mol. The van der Waals surface area contributed by atoms with Crippen molar-refractivity contribution in [2.24, 2.45) is 0 Å². The summed E-state index contributed by atoms with van der Waals surface area (Å²) in [6.45, 7) is 3.57. The van der Waals surface area contributed by atoms with Crippen molar-refractivity contribution in [3.8, 4) is 0 Å². The number of hydrogen-bond acceptors (Lipinski definition) is 7. The van der Waals surface area contributed by atoms with Crippen molar-refractivity contribution < 1.29 is 34.1 Å². The van der Waals surface area contributed by atoms with E-state index in [1.807, 2.05) is 0 Å². The van der Waals surface area contributed by atoms with Gasteiger partial charge >= 0.3 is 11.9 Å². The molecule has 21 heavy (non-hydrogen) atoms. The van der Waals surface area contributed by atoms with Crippen LogP contribution in [-0.4, -0.2) is 44.9 Å². The van der Waals surface area contributed by atoms with Crippen LogP contribution in [0.5, 0.6) is 0 Å². The van der Waals surface area contributed by atoms with E-state index in [2.05, 4.69) is 4.74 Å². The summed E-state index contributed by atoms with van der Waals surface area (Å²) in [5.41, 5.74) is -6.27. The Kier molecular flexibility index (Phi) is 5.36. The molecule has 0 amide bonds. The molecule has 2 atom stereocenters. The summed E-state index contributed by atoms with van der Waals surface area (Å²) in [6, 6.07) is 0.